The number of nitrogens with one attached hydrogen (secondary N) is 2. The van der Waals surface area contributed by atoms with E-state index in [4.69, 9.17) is 9.47 Å². The minimum atomic E-state index is -4.03. The molecule has 2 N–H and O–H groups in total. The second-order valence-electron chi connectivity index (χ2n) is 8.84. The van der Waals surface area contributed by atoms with E-state index in [-0.39, 0.29) is 26.7 Å². The quantitative estimate of drug-likeness (QED) is 0.369. The van der Waals surface area contributed by atoms with Gasteiger partial charge < -0.3 is 14.8 Å². The lowest BCUT2D eigenvalue weighted by molar-refractivity contribution is 0.102. The number of benzene rings is 3. The van der Waals surface area contributed by atoms with Crippen LogP contribution in [0.5, 0.6) is 11.5 Å². The first-order chi connectivity index (χ1) is 18.7. The standard InChI is InChI=1S/C27H31N3O7S2/c1-3-37-20-11-14-22(15-12-20)38(32,33)29-24-10-6-5-9-23(24)27(31)28-25-16-13-21(36-2)19-26(25)39(34,35)30-17-7-4-8-18-30/h5-6,9-16,19,29H,3-4,7-8,17-18H2,1-2H3,(H,28,31). The van der Waals surface area contributed by atoms with Crippen molar-refractivity contribution >= 4 is 37.3 Å². The Labute approximate surface area is 229 Å². The Morgan fingerprint density at radius 3 is 2.21 bits per heavy atom. The number of ether oxygens (including phenoxy) is 2. The monoisotopic (exact) mass is 573 g/mol. The molecule has 1 fully saturated rings. The van der Waals surface area contributed by atoms with E-state index in [2.05, 4.69) is 10.0 Å². The Morgan fingerprint density at radius 1 is 0.872 bits per heavy atom. The zero-order valence-corrected chi connectivity index (χ0v) is 23.3. The van der Waals surface area contributed by atoms with Gasteiger partial charge >= 0.3 is 0 Å². The largest absolute Gasteiger partial charge is 0.497 e. The van der Waals surface area contributed by atoms with Crippen molar-refractivity contribution in [3.05, 3.63) is 72.3 Å². The molecule has 3 aromatic rings. The first-order valence-corrected chi connectivity index (χ1v) is 15.4. The smallest absolute Gasteiger partial charge is 0.261 e. The summed E-state index contributed by atoms with van der Waals surface area (Å²) in [5.74, 6) is 0.179. The number of methoxy groups -OCH3 is 1. The van der Waals surface area contributed by atoms with Crippen molar-refractivity contribution in [1.29, 1.82) is 0 Å². The van der Waals surface area contributed by atoms with Crippen LogP contribution in [0.25, 0.3) is 0 Å². The molecule has 0 aliphatic carbocycles. The Bertz CT molecular complexity index is 1530. The number of hydrogen-bond donors (Lipinski definition) is 2. The lowest BCUT2D eigenvalue weighted by Gasteiger charge is -2.27. The molecular formula is C27H31N3O7S2. The fraction of sp³-hybridized carbons (Fsp3) is 0.296. The second kappa shape index (κ2) is 12.1. The zero-order valence-electron chi connectivity index (χ0n) is 21.7. The number of sulfonamides is 2. The van der Waals surface area contributed by atoms with E-state index in [0.717, 1.165) is 19.3 Å². The van der Waals surface area contributed by atoms with Crippen molar-refractivity contribution in [2.24, 2.45) is 0 Å². The van der Waals surface area contributed by atoms with Crippen molar-refractivity contribution in [2.75, 3.05) is 36.8 Å². The first kappa shape index (κ1) is 28.4. The van der Waals surface area contributed by atoms with Gasteiger partial charge in [-0.25, -0.2) is 16.8 Å². The molecule has 3 aromatic carbocycles. The Balaban J connectivity index is 1.62. The number of anilines is 2. The summed E-state index contributed by atoms with van der Waals surface area (Å²) < 4.78 is 67.5. The fourth-order valence-corrected chi connectivity index (χ4v) is 6.99. The lowest BCUT2D eigenvalue weighted by Crippen LogP contribution is -2.36. The SMILES string of the molecule is CCOc1ccc(S(=O)(=O)Nc2ccccc2C(=O)Nc2ccc(OC)cc2S(=O)(=O)N2CCCCC2)cc1. The Morgan fingerprint density at radius 2 is 1.54 bits per heavy atom. The van der Waals surface area contributed by atoms with E-state index in [0.29, 0.717) is 31.2 Å². The van der Waals surface area contributed by atoms with Gasteiger partial charge in [0, 0.05) is 19.2 Å². The number of rotatable bonds is 10. The third-order valence-corrected chi connectivity index (χ3v) is 9.55. The predicted molar refractivity (Wildman–Crippen MR) is 148 cm³/mol. The highest BCUT2D eigenvalue weighted by Gasteiger charge is 2.30. The molecule has 1 saturated heterocycles. The van der Waals surface area contributed by atoms with Gasteiger partial charge in [-0.1, -0.05) is 18.6 Å². The van der Waals surface area contributed by atoms with E-state index in [1.54, 1.807) is 30.3 Å². The van der Waals surface area contributed by atoms with Crippen molar-refractivity contribution in [2.45, 2.75) is 36.0 Å². The molecule has 1 heterocycles. The maximum absolute atomic E-state index is 13.5. The van der Waals surface area contributed by atoms with E-state index >= 15 is 0 Å². The van der Waals surface area contributed by atoms with E-state index < -0.39 is 26.0 Å². The summed E-state index contributed by atoms with van der Waals surface area (Å²) in [6.07, 6.45) is 2.47. The molecule has 4 rings (SSSR count). The molecular weight excluding hydrogens is 542 g/mol. The highest BCUT2D eigenvalue weighted by Crippen LogP contribution is 2.31. The van der Waals surface area contributed by atoms with Crippen LogP contribution >= 0.6 is 0 Å². The third-order valence-electron chi connectivity index (χ3n) is 6.23. The molecule has 0 bridgehead atoms. The van der Waals surface area contributed by atoms with Crippen LogP contribution < -0.4 is 19.5 Å². The maximum Gasteiger partial charge on any atom is 0.261 e. The summed E-state index contributed by atoms with van der Waals surface area (Å²) in [5.41, 5.74) is 0.123. The molecule has 0 unspecified atom stereocenters. The summed E-state index contributed by atoms with van der Waals surface area (Å²) in [4.78, 5) is 13.3. The van der Waals surface area contributed by atoms with Crippen LogP contribution in [0.2, 0.25) is 0 Å². The van der Waals surface area contributed by atoms with Crippen LogP contribution in [-0.2, 0) is 20.0 Å². The van der Waals surface area contributed by atoms with Crippen molar-refractivity contribution in [3.63, 3.8) is 0 Å². The summed E-state index contributed by atoms with van der Waals surface area (Å²) in [6, 6.07) is 16.4. The highest BCUT2D eigenvalue weighted by molar-refractivity contribution is 7.92. The number of para-hydroxylation sites is 1. The van der Waals surface area contributed by atoms with Gasteiger partial charge in [-0.2, -0.15) is 4.31 Å². The average molecular weight is 574 g/mol. The lowest BCUT2D eigenvalue weighted by atomic mass is 10.1. The van der Waals surface area contributed by atoms with Gasteiger partial charge in [0.2, 0.25) is 10.0 Å². The second-order valence-corrected chi connectivity index (χ2v) is 12.4. The minimum absolute atomic E-state index is 0.00812. The molecule has 0 spiro atoms. The predicted octanol–water partition coefficient (Wildman–Crippen LogP) is 4.32. The molecule has 1 aliphatic heterocycles. The molecule has 39 heavy (non-hydrogen) atoms. The van der Waals surface area contributed by atoms with Crippen LogP contribution in [0.1, 0.15) is 36.5 Å². The Kier molecular flexibility index (Phi) is 8.78. The van der Waals surface area contributed by atoms with E-state index in [9.17, 15) is 21.6 Å². The number of piperidine rings is 1. The molecule has 208 valence electrons. The van der Waals surface area contributed by atoms with Gasteiger partial charge in [-0.15, -0.1) is 0 Å². The normalized spacial score (nSPS) is 14.4. The van der Waals surface area contributed by atoms with Crippen molar-refractivity contribution < 1.29 is 31.1 Å². The van der Waals surface area contributed by atoms with Crippen LogP contribution in [0.4, 0.5) is 11.4 Å². The van der Waals surface area contributed by atoms with Gasteiger partial charge in [0.15, 0.2) is 0 Å². The third kappa shape index (κ3) is 6.52. The van der Waals surface area contributed by atoms with Gasteiger partial charge in [-0.3, -0.25) is 9.52 Å². The van der Waals surface area contributed by atoms with Crippen LogP contribution in [0.15, 0.2) is 76.5 Å². The van der Waals surface area contributed by atoms with Crippen LogP contribution in [0.3, 0.4) is 0 Å². The molecule has 1 aliphatic rings. The molecule has 0 aromatic heterocycles. The summed E-state index contributed by atoms with van der Waals surface area (Å²) in [6.45, 7) is 3.06. The van der Waals surface area contributed by atoms with E-state index in [1.807, 2.05) is 6.92 Å². The molecule has 0 atom stereocenters. The first-order valence-electron chi connectivity index (χ1n) is 12.5. The fourth-order valence-electron chi connectivity index (χ4n) is 4.24. The number of carbonyl (C=O) groups is 1. The summed E-state index contributed by atoms with van der Waals surface area (Å²) >= 11 is 0. The van der Waals surface area contributed by atoms with Gasteiger partial charge in [0.05, 0.1) is 35.6 Å². The van der Waals surface area contributed by atoms with Crippen LogP contribution in [0, 0.1) is 0 Å². The van der Waals surface area contributed by atoms with Crippen molar-refractivity contribution in [3.8, 4) is 11.5 Å². The topological polar surface area (TPSA) is 131 Å². The van der Waals surface area contributed by atoms with Gasteiger partial charge in [0.25, 0.3) is 15.9 Å². The van der Waals surface area contributed by atoms with Gasteiger partial charge in [-0.05, 0) is 68.3 Å². The van der Waals surface area contributed by atoms with Crippen molar-refractivity contribution in [1.82, 2.24) is 4.31 Å². The number of carbonyl (C=O) groups excluding carboxylic acids is 1. The Hall–Kier alpha value is -3.61. The molecule has 10 nitrogen and oxygen atoms in total. The molecule has 1 amide bonds. The number of amides is 1. The molecule has 0 radical (unpaired) electrons. The zero-order chi connectivity index (χ0) is 28.0. The summed E-state index contributed by atoms with van der Waals surface area (Å²) in [7, 11) is -6.52. The maximum atomic E-state index is 13.5. The van der Waals surface area contributed by atoms with E-state index in [1.165, 1.54) is 47.8 Å². The number of nitrogens with zero attached hydrogens (tertiary/aromatic N) is 1. The minimum Gasteiger partial charge on any atom is -0.497 e. The molecule has 0 saturated carbocycles. The van der Waals surface area contributed by atoms with Crippen LogP contribution in [-0.4, -0.2) is 53.9 Å². The average Bonchev–Trinajstić information content (AvgIpc) is 2.94. The highest BCUT2D eigenvalue weighted by atomic mass is 32.2. The molecule has 12 heteroatoms. The van der Waals surface area contributed by atoms with Gasteiger partial charge in [0.1, 0.15) is 16.4 Å². The summed E-state index contributed by atoms with van der Waals surface area (Å²) in [5, 5.41) is 2.66. The number of hydrogen-bond acceptors (Lipinski definition) is 7.